The predicted octanol–water partition coefficient (Wildman–Crippen LogP) is 5.34. The van der Waals surface area contributed by atoms with Gasteiger partial charge in [-0.3, -0.25) is 9.12 Å². The Morgan fingerprint density at radius 2 is 1.59 bits per heavy atom. The maximum absolute atomic E-state index is 13.5. The quantitative estimate of drug-likeness (QED) is 0.288. The fraction of sp³-hybridized carbons (Fsp3) is 0.105. The van der Waals surface area contributed by atoms with Gasteiger partial charge >= 0.3 is 22.5 Å². The Morgan fingerprint density at radius 1 is 0.912 bits per heavy atom. The van der Waals surface area contributed by atoms with Crippen molar-refractivity contribution in [1.29, 1.82) is 0 Å². The van der Waals surface area contributed by atoms with Crippen molar-refractivity contribution in [2.24, 2.45) is 0 Å². The average Bonchev–Trinajstić information content (AvgIpc) is 3.42. The maximum Gasteiger partial charge on any atom is 0.433 e. The molecule has 4 rings (SSSR count). The third-order valence-corrected chi connectivity index (χ3v) is 6.76. The zero-order valence-corrected chi connectivity index (χ0v) is 18.0. The molecule has 0 aliphatic rings. The van der Waals surface area contributed by atoms with Crippen LogP contribution in [0.15, 0.2) is 59.3 Å². The van der Waals surface area contributed by atoms with Gasteiger partial charge in [-0.25, -0.2) is 15.0 Å². The van der Waals surface area contributed by atoms with Crippen LogP contribution in [0.2, 0.25) is 0 Å². The van der Waals surface area contributed by atoms with Gasteiger partial charge < -0.3 is 0 Å². The highest BCUT2D eigenvalue weighted by Crippen LogP contribution is 2.35. The van der Waals surface area contributed by atoms with E-state index in [0.717, 1.165) is 41.4 Å². The van der Waals surface area contributed by atoms with Crippen LogP contribution in [0.4, 0.5) is 26.3 Å². The summed E-state index contributed by atoms with van der Waals surface area (Å²) in [6.45, 7) is 0. The molecule has 0 unspecified atom stereocenters. The number of pyridine rings is 1. The summed E-state index contributed by atoms with van der Waals surface area (Å²) in [6, 6.07) is 5.56. The van der Waals surface area contributed by atoms with Crippen LogP contribution in [-0.2, 0) is 22.5 Å². The maximum atomic E-state index is 13.5. The van der Waals surface area contributed by atoms with Gasteiger partial charge in [0.1, 0.15) is 28.5 Å². The normalized spacial score (nSPS) is 12.8. The van der Waals surface area contributed by atoms with Crippen LogP contribution in [0.25, 0.3) is 27.6 Å². The van der Waals surface area contributed by atoms with Gasteiger partial charge in [0, 0.05) is 6.20 Å². The number of imidazole rings is 1. The van der Waals surface area contributed by atoms with Gasteiger partial charge in [0.15, 0.2) is 4.21 Å². The molecule has 3 aromatic heterocycles. The van der Waals surface area contributed by atoms with Crippen molar-refractivity contribution in [2.75, 3.05) is 0 Å². The van der Waals surface area contributed by atoms with Gasteiger partial charge in [-0.1, -0.05) is 23.5 Å². The Kier molecular flexibility index (Phi) is 5.73. The molecular formula is C19H10F6N4O3S2. The lowest BCUT2D eigenvalue weighted by Gasteiger charge is -2.13. The van der Waals surface area contributed by atoms with Crippen LogP contribution >= 0.6 is 11.3 Å². The lowest BCUT2D eigenvalue weighted by atomic mass is 10.0. The highest BCUT2D eigenvalue weighted by molar-refractivity contribution is 7.88. The molecule has 4 aromatic rings. The van der Waals surface area contributed by atoms with E-state index >= 15 is 0 Å². The molecule has 0 saturated heterocycles. The first-order valence-corrected chi connectivity index (χ1v) is 11.2. The summed E-state index contributed by atoms with van der Waals surface area (Å²) >= 11 is 0.595. The summed E-state index contributed by atoms with van der Waals surface area (Å²) < 4.78 is 111. The van der Waals surface area contributed by atoms with Crippen molar-refractivity contribution >= 4 is 21.5 Å². The van der Waals surface area contributed by atoms with Gasteiger partial charge in [-0.05, 0) is 35.4 Å². The Bertz CT molecular complexity index is 1460. The molecule has 0 radical (unpaired) electrons. The number of hydrogen-bond donors (Lipinski definition) is 1. The minimum atomic E-state index is -4.85. The van der Waals surface area contributed by atoms with Crippen LogP contribution < -0.4 is 0 Å². The zero-order chi connectivity index (χ0) is 24.9. The summed E-state index contributed by atoms with van der Waals surface area (Å²) in [4.78, 5) is 11.4. The van der Waals surface area contributed by atoms with Crippen molar-refractivity contribution in [1.82, 2.24) is 19.5 Å². The summed E-state index contributed by atoms with van der Waals surface area (Å²) in [7, 11) is -4.49. The molecule has 3 heterocycles. The van der Waals surface area contributed by atoms with Gasteiger partial charge in [0.2, 0.25) is 0 Å². The molecule has 0 bridgehead atoms. The molecule has 0 atom stereocenters. The number of thiazole rings is 1. The SMILES string of the molecule is O=S(=O)(O)c1cnc(-c2cn(-c3cc(-c4ccc(C(F)(F)F)cc4)cc(C(F)(F)F)n3)cn2)s1. The first-order valence-electron chi connectivity index (χ1n) is 8.97. The van der Waals surface area contributed by atoms with Crippen molar-refractivity contribution in [3.63, 3.8) is 0 Å². The largest absolute Gasteiger partial charge is 0.433 e. The molecule has 178 valence electrons. The number of nitrogens with zero attached hydrogens (tertiary/aromatic N) is 4. The molecule has 0 spiro atoms. The Balaban J connectivity index is 1.76. The molecule has 0 fully saturated rings. The minimum absolute atomic E-state index is 0.0378. The van der Waals surface area contributed by atoms with Gasteiger partial charge in [0.25, 0.3) is 0 Å². The van der Waals surface area contributed by atoms with Crippen LogP contribution in [0.1, 0.15) is 11.3 Å². The van der Waals surface area contributed by atoms with Gasteiger partial charge in [0.05, 0.1) is 11.8 Å². The van der Waals surface area contributed by atoms with E-state index < -0.39 is 37.9 Å². The lowest BCUT2D eigenvalue weighted by molar-refractivity contribution is -0.141. The summed E-state index contributed by atoms with van der Waals surface area (Å²) in [5.41, 5.74) is -2.08. The van der Waals surface area contributed by atoms with E-state index in [1.807, 2.05) is 0 Å². The van der Waals surface area contributed by atoms with Crippen molar-refractivity contribution in [3.8, 4) is 27.6 Å². The number of halogens is 6. The standard InChI is InChI=1S/C19H10F6N4O3S2/c20-18(21,22)12-3-1-10(2-4-12)11-5-14(19(23,24)25)28-15(6-11)29-8-13(27-9-29)17-26-7-16(33-17)34(30,31)32/h1-9H,(H,30,31,32). The Hall–Kier alpha value is -3.30. The molecule has 1 N–H and O–H groups in total. The third-order valence-electron chi connectivity index (χ3n) is 4.45. The van der Waals surface area contributed by atoms with E-state index in [9.17, 15) is 34.8 Å². The van der Waals surface area contributed by atoms with Crippen LogP contribution in [0.3, 0.4) is 0 Å². The molecule has 0 aliphatic carbocycles. The number of alkyl halides is 6. The van der Waals surface area contributed by atoms with E-state index in [4.69, 9.17) is 4.55 Å². The fourth-order valence-corrected chi connectivity index (χ4v) is 4.32. The second kappa shape index (κ2) is 8.18. The third kappa shape index (κ3) is 4.95. The van der Waals surface area contributed by atoms with Crippen molar-refractivity contribution in [2.45, 2.75) is 16.6 Å². The van der Waals surface area contributed by atoms with E-state index in [0.29, 0.717) is 17.4 Å². The molecule has 7 nitrogen and oxygen atoms in total. The van der Waals surface area contributed by atoms with Crippen LogP contribution in [0.5, 0.6) is 0 Å². The fourth-order valence-electron chi connectivity index (χ4n) is 2.87. The topological polar surface area (TPSA) is 98.0 Å². The second-order valence-corrected chi connectivity index (χ2v) is 9.48. The molecule has 1 aromatic carbocycles. The minimum Gasteiger partial charge on any atom is -0.290 e. The molecule has 0 amide bonds. The van der Waals surface area contributed by atoms with Gasteiger partial charge in [-0.15, -0.1) is 0 Å². The van der Waals surface area contributed by atoms with Gasteiger partial charge in [-0.2, -0.15) is 34.8 Å². The molecular weight excluding hydrogens is 510 g/mol. The number of aromatic nitrogens is 4. The number of hydrogen-bond acceptors (Lipinski definition) is 6. The van der Waals surface area contributed by atoms with Crippen molar-refractivity contribution in [3.05, 3.63) is 66.4 Å². The average molecular weight is 520 g/mol. The second-order valence-electron chi connectivity index (χ2n) is 6.80. The Morgan fingerprint density at radius 3 is 2.15 bits per heavy atom. The molecule has 0 aliphatic heterocycles. The van der Waals surface area contributed by atoms with E-state index in [2.05, 4.69) is 15.0 Å². The smallest absolute Gasteiger partial charge is 0.290 e. The zero-order valence-electron chi connectivity index (χ0n) is 16.3. The predicted molar refractivity (Wildman–Crippen MR) is 108 cm³/mol. The van der Waals surface area contributed by atoms with E-state index in [-0.39, 0.29) is 27.6 Å². The van der Waals surface area contributed by atoms with Crippen molar-refractivity contribution < 1.29 is 39.3 Å². The van der Waals surface area contributed by atoms with Crippen LogP contribution in [0, 0.1) is 0 Å². The first kappa shape index (κ1) is 23.8. The highest BCUT2D eigenvalue weighted by Gasteiger charge is 2.34. The Labute approximate surface area is 191 Å². The summed E-state index contributed by atoms with van der Waals surface area (Å²) in [6.07, 6.45) is -6.19. The lowest BCUT2D eigenvalue weighted by Crippen LogP contribution is -2.10. The first-order chi connectivity index (χ1) is 15.7. The molecule has 0 saturated carbocycles. The monoisotopic (exact) mass is 520 g/mol. The molecule has 15 heteroatoms. The summed E-state index contributed by atoms with van der Waals surface area (Å²) in [5.74, 6) is -0.241. The number of benzene rings is 1. The highest BCUT2D eigenvalue weighted by atomic mass is 32.3. The summed E-state index contributed by atoms with van der Waals surface area (Å²) in [5, 5.41) is 0.0707. The van der Waals surface area contributed by atoms with Crippen LogP contribution in [-0.4, -0.2) is 32.5 Å². The van der Waals surface area contributed by atoms with E-state index in [1.165, 1.54) is 12.3 Å². The molecule has 34 heavy (non-hydrogen) atoms. The number of rotatable bonds is 4. The van der Waals surface area contributed by atoms with E-state index in [1.54, 1.807) is 0 Å².